The highest BCUT2D eigenvalue weighted by atomic mass is 19.1. The van der Waals surface area contributed by atoms with Crippen LogP contribution in [0.5, 0.6) is 0 Å². The highest BCUT2D eigenvalue weighted by Crippen LogP contribution is 2.28. The molecule has 1 aromatic carbocycles. The third-order valence-electron chi connectivity index (χ3n) is 5.92. The summed E-state index contributed by atoms with van der Waals surface area (Å²) in [7, 11) is 0. The summed E-state index contributed by atoms with van der Waals surface area (Å²) in [5.74, 6) is -0.824. The lowest BCUT2D eigenvalue weighted by Crippen LogP contribution is -2.47. The minimum Gasteiger partial charge on any atom is -0.442 e. The number of carbonyl (C=O) groups is 2. The first-order valence-corrected chi connectivity index (χ1v) is 11.0. The second-order valence-electron chi connectivity index (χ2n) is 8.20. The Labute approximate surface area is 195 Å². The number of hydrogen-bond donors (Lipinski definition) is 1. The largest absolute Gasteiger partial charge is 0.442 e. The molecule has 3 heterocycles. The standard InChI is InChI=1S/C21H26FN7O5/c1-15(30)24-13-17-14-28(21(31)34-17)16-2-3-19(18(22)12-16)26-9-6-25(7-10-26)8-11-27-5-4-23-20(27)29(32)33/h2-5,12,17H,6-11,13-14H2,1H3,(H,24,30)/t17-/m0/s1. The lowest BCUT2D eigenvalue weighted by Gasteiger charge is -2.36. The summed E-state index contributed by atoms with van der Waals surface area (Å²) >= 11 is 0. The third kappa shape index (κ3) is 5.25. The van der Waals surface area contributed by atoms with Crippen LogP contribution in [0.1, 0.15) is 6.92 Å². The van der Waals surface area contributed by atoms with Crippen LogP contribution in [-0.2, 0) is 16.1 Å². The fourth-order valence-corrected chi connectivity index (χ4v) is 4.13. The van der Waals surface area contributed by atoms with Crippen LogP contribution >= 0.6 is 0 Å². The van der Waals surface area contributed by atoms with E-state index in [1.807, 2.05) is 4.90 Å². The zero-order chi connectivity index (χ0) is 24.2. The first-order valence-electron chi connectivity index (χ1n) is 11.0. The van der Waals surface area contributed by atoms with E-state index in [-0.39, 0.29) is 24.9 Å². The molecule has 4 rings (SSSR count). The van der Waals surface area contributed by atoms with Gasteiger partial charge < -0.3 is 25.1 Å². The summed E-state index contributed by atoms with van der Waals surface area (Å²) in [6.07, 6.45) is 1.93. The van der Waals surface area contributed by atoms with Crippen LogP contribution in [0.25, 0.3) is 0 Å². The number of nitrogens with zero attached hydrogens (tertiary/aromatic N) is 6. The van der Waals surface area contributed by atoms with Crippen molar-refractivity contribution in [2.45, 2.75) is 19.6 Å². The summed E-state index contributed by atoms with van der Waals surface area (Å²) in [5, 5.41) is 13.6. The molecule has 34 heavy (non-hydrogen) atoms. The van der Waals surface area contributed by atoms with Crippen molar-refractivity contribution >= 4 is 29.3 Å². The lowest BCUT2D eigenvalue weighted by atomic mass is 10.2. The Kier molecular flexibility index (Phi) is 6.91. The Bertz CT molecular complexity index is 1070. The van der Waals surface area contributed by atoms with Crippen molar-refractivity contribution in [1.29, 1.82) is 0 Å². The quantitative estimate of drug-likeness (QED) is 0.446. The summed E-state index contributed by atoms with van der Waals surface area (Å²) in [5.41, 5.74) is 0.855. The monoisotopic (exact) mass is 475 g/mol. The van der Waals surface area contributed by atoms with Crippen molar-refractivity contribution in [3.8, 4) is 0 Å². The molecule has 0 aliphatic carbocycles. The number of cyclic esters (lactones) is 1. The molecule has 182 valence electrons. The molecular weight excluding hydrogens is 449 g/mol. The van der Waals surface area contributed by atoms with Crippen molar-refractivity contribution in [1.82, 2.24) is 19.8 Å². The zero-order valence-electron chi connectivity index (χ0n) is 18.7. The molecule has 0 saturated carbocycles. The van der Waals surface area contributed by atoms with Crippen molar-refractivity contribution < 1.29 is 23.6 Å². The van der Waals surface area contributed by atoms with Crippen LogP contribution in [0.15, 0.2) is 30.6 Å². The fourth-order valence-electron chi connectivity index (χ4n) is 4.13. The number of halogens is 1. The van der Waals surface area contributed by atoms with E-state index in [9.17, 15) is 24.1 Å². The van der Waals surface area contributed by atoms with Gasteiger partial charge in [0.25, 0.3) is 0 Å². The molecule has 2 amide bonds. The Balaban J connectivity index is 1.31. The van der Waals surface area contributed by atoms with E-state index in [2.05, 4.69) is 15.2 Å². The molecule has 0 spiro atoms. The number of ether oxygens (including phenoxy) is 1. The molecule has 2 aliphatic heterocycles. The highest BCUT2D eigenvalue weighted by Gasteiger charge is 2.33. The van der Waals surface area contributed by atoms with Gasteiger partial charge in [-0.1, -0.05) is 4.98 Å². The lowest BCUT2D eigenvalue weighted by molar-refractivity contribution is -0.396. The van der Waals surface area contributed by atoms with Crippen molar-refractivity contribution in [2.24, 2.45) is 0 Å². The molecule has 2 aliphatic rings. The Morgan fingerprint density at radius 3 is 2.74 bits per heavy atom. The number of nitro groups is 1. The molecular formula is C21H26FN7O5. The van der Waals surface area contributed by atoms with Gasteiger partial charge in [0.05, 0.1) is 31.0 Å². The number of imidazole rings is 1. The van der Waals surface area contributed by atoms with Gasteiger partial charge in [-0.15, -0.1) is 0 Å². The molecule has 2 saturated heterocycles. The van der Waals surface area contributed by atoms with Gasteiger partial charge in [-0.2, -0.15) is 0 Å². The second kappa shape index (κ2) is 10.0. The van der Waals surface area contributed by atoms with Crippen molar-refractivity contribution in [3.63, 3.8) is 0 Å². The number of anilines is 2. The van der Waals surface area contributed by atoms with Gasteiger partial charge in [0.15, 0.2) is 0 Å². The van der Waals surface area contributed by atoms with Crippen molar-refractivity contribution in [3.05, 3.63) is 46.5 Å². The van der Waals surface area contributed by atoms with E-state index in [0.29, 0.717) is 50.6 Å². The molecule has 1 aromatic heterocycles. The van der Waals surface area contributed by atoms with Gasteiger partial charge in [0.2, 0.25) is 5.91 Å². The number of benzene rings is 1. The smallest absolute Gasteiger partial charge is 0.434 e. The van der Waals surface area contributed by atoms with E-state index in [1.165, 1.54) is 28.7 Å². The van der Waals surface area contributed by atoms with Crippen LogP contribution in [-0.4, -0.2) is 83.3 Å². The summed E-state index contributed by atoms with van der Waals surface area (Å²) in [6.45, 7) is 5.48. The predicted molar refractivity (Wildman–Crippen MR) is 120 cm³/mol. The number of nitrogens with one attached hydrogen (secondary N) is 1. The average Bonchev–Trinajstić information content (AvgIpc) is 3.43. The zero-order valence-corrected chi connectivity index (χ0v) is 18.7. The average molecular weight is 475 g/mol. The van der Waals surface area contributed by atoms with E-state index in [4.69, 9.17) is 4.74 Å². The van der Waals surface area contributed by atoms with Crippen LogP contribution in [0.3, 0.4) is 0 Å². The Hall–Kier alpha value is -3.74. The number of piperazine rings is 1. The predicted octanol–water partition coefficient (Wildman–Crippen LogP) is 1.21. The van der Waals surface area contributed by atoms with Gasteiger partial charge in [-0.3, -0.25) is 14.6 Å². The minimum absolute atomic E-state index is 0.177. The molecule has 2 aromatic rings. The molecule has 0 unspecified atom stereocenters. The number of amides is 2. The minimum atomic E-state index is -0.575. The number of hydrogen-bond acceptors (Lipinski definition) is 8. The topological polar surface area (TPSA) is 126 Å². The van der Waals surface area contributed by atoms with E-state index >= 15 is 0 Å². The molecule has 13 heteroatoms. The Morgan fingerprint density at radius 2 is 2.06 bits per heavy atom. The second-order valence-corrected chi connectivity index (χ2v) is 8.20. The maximum Gasteiger partial charge on any atom is 0.434 e. The molecule has 2 fully saturated rings. The highest BCUT2D eigenvalue weighted by molar-refractivity contribution is 5.90. The fraction of sp³-hybridized carbons (Fsp3) is 0.476. The molecule has 1 atom stereocenters. The number of carbonyl (C=O) groups excluding carboxylic acids is 2. The van der Waals surface area contributed by atoms with Crippen LogP contribution in [0, 0.1) is 15.9 Å². The normalized spacial score (nSPS) is 18.8. The first-order chi connectivity index (χ1) is 16.3. The van der Waals surface area contributed by atoms with Gasteiger partial charge in [-0.05, 0) is 23.1 Å². The maximum atomic E-state index is 15.0. The van der Waals surface area contributed by atoms with Gasteiger partial charge in [-0.25, -0.2) is 13.8 Å². The molecule has 0 bridgehead atoms. The number of aromatic nitrogens is 2. The first kappa shape index (κ1) is 23.4. The van der Waals surface area contributed by atoms with Crippen LogP contribution in [0.4, 0.5) is 26.5 Å². The molecule has 12 nitrogen and oxygen atoms in total. The summed E-state index contributed by atoms with van der Waals surface area (Å²) < 4.78 is 21.7. The SMILES string of the molecule is CC(=O)NC[C@H]1CN(c2ccc(N3CCN(CCn4ccnc4[N+](=O)[O-])CC3)c(F)c2)C(=O)O1. The molecule has 1 N–H and O–H groups in total. The van der Waals surface area contributed by atoms with Crippen LogP contribution in [0.2, 0.25) is 0 Å². The van der Waals surface area contributed by atoms with Crippen molar-refractivity contribution in [2.75, 3.05) is 55.6 Å². The van der Waals surface area contributed by atoms with E-state index in [0.717, 1.165) is 0 Å². The van der Waals surface area contributed by atoms with Gasteiger partial charge in [0.1, 0.15) is 24.3 Å². The van der Waals surface area contributed by atoms with Gasteiger partial charge in [0, 0.05) is 39.6 Å². The number of rotatable bonds is 8. The summed E-state index contributed by atoms with van der Waals surface area (Å²) in [6, 6.07) is 4.66. The summed E-state index contributed by atoms with van der Waals surface area (Å²) in [4.78, 5) is 42.9. The molecule has 0 radical (unpaired) electrons. The van der Waals surface area contributed by atoms with E-state index in [1.54, 1.807) is 18.3 Å². The Morgan fingerprint density at radius 1 is 1.29 bits per heavy atom. The van der Waals surface area contributed by atoms with E-state index < -0.39 is 22.9 Å². The maximum absolute atomic E-state index is 15.0. The van der Waals surface area contributed by atoms with Gasteiger partial charge >= 0.3 is 12.0 Å². The third-order valence-corrected chi connectivity index (χ3v) is 5.92. The van der Waals surface area contributed by atoms with Crippen LogP contribution < -0.4 is 15.1 Å².